The van der Waals surface area contributed by atoms with Gasteiger partial charge in [-0.15, -0.1) is 0 Å². The molecule has 1 amide bonds. The molecule has 0 aromatic rings. The van der Waals surface area contributed by atoms with Crippen LogP contribution in [0.25, 0.3) is 0 Å². The predicted molar refractivity (Wildman–Crippen MR) is 49.5 cm³/mol. The molecule has 0 radical (unpaired) electrons. The molecule has 0 heterocycles. The average molecular weight is 167 g/mol. The summed E-state index contributed by atoms with van der Waals surface area (Å²) in [6.45, 7) is 5.72. The highest BCUT2D eigenvalue weighted by Gasteiger charge is 2.22. The van der Waals surface area contributed by atoms with Crippen molar-refractivity contribution < 1.29 is 4.79 Å². The summed E-state index contributed by atoms with van der Waals surface area (Å²) in [6.07, 6.45) is 5.06. The van der Waals surface area contributed by atoms with Crippen molar-refractivity contribution in [2.75, 3.05) is 0 Å². The first kappa shape index (κ1) is 9.30. The fourth-order valence-corrected chi connectivity index (χ4v) is 1.61. The third-order valence-corrected chi connectivity index (χ3v) is 2.82. The lowest BCUT2D eigenvalue weighted by atomic mass is 9.78. The summed E-state index contributed by atoms with van der Waals surface area (Å²) in [7, 11) is 0. The van der Waals surface area contributed by atoms with Gasteiger partial charge in [0.05, 0.1) is 0 Å². The zero-order valence-electron chi connectivity index (χ0n) is 7.68. The van der Waals surface area contributed by atoms with Crippen molar-refractivity contribution in [2.24, 2.45) is 17.6 Å². The van der Waals surface area contributed by atoms with Gasteiger partial charge in [-0.25, -0.2) is 0 Å². The van der Waals surface area contributed by atoms with Gasteiger partial charge in [0, 0.05) is 5.57 Å². The van der Waals surface area contributed by atoms with Crippen molar-refractivity contribution in [1.29, 1.82) is 0 Å². The summed E-state index contributed by atoms with van der Waals surface area (Å²) in [5, 5.41) is 0. The Bertz CT molecular complexity index is 194. The van der Waals surface area contributed by atoms with Crippen LogP contribution in [0, 0.1) is 11.8 Å². The standard InChI is InChI=1S/C10H17NO/c1-7(8(2)10(11)12)6-9-4-3-5-9/h7,9H,2-6H2,1H3,(H2,11,12). The number of amides is 1. The van der Waals surface area contributed by atoms with Crippen LogP contribution >= 0.6 is 0 Å². The molecule has 2 N–H and O–H groups in total. The van der Waals surface area contributed by atoms with E-state index in [1.54, 1.807) is 0 Å². The zero-order chi connectivity index (χ0) is 9.14. The minimum Gasteiger partial charge on any atom is -0.366 e. The van der Waals surface area contributed by atoms with E-state index in [-0.39, 0.29) is 11.8 Å². The molecule has 2 heteroatoms. The van der Waals surface area contributed by atoms with E-state index >= 15 is 0 Å². The lowest BCUT2D eigenvalue weighted by Crippen LogP contribution is -2.22. The monoisotopic (exact) mass is 167 g/mol. The van der Waals surface area contributed by atoms with Crippen LogP contribution in [-0.2, 0) is 4.79 Å². The van der Waals surface area contributed by atoms with Gasteiger partial charge >= 0.3 is 0 Å². The van der Waals surface area contributed by atoms with Crippen molar-refractivity contribution in [1.82, 2.24) is 0 Å². The molecule has 0 bridgehead atoms. The molecule has 0 aliphatic heterocycles. The minimum absolute atomic E-state index is 0.271. The van der Waals surface area contributed by atoms with E-state index in [0.29, 0.717) is 5.57 Å². The summed E-state index contributed by atoms with van der Waals surface area (Å²) in [4.78, 5) is 10.8. The quantitative estimate of drug-likeness (QED) is 0.638. The van der Waals surface area contributed by atoms with Crippen molar-refractivity contribution in [2.45, 2.75) is 32.6 Å². The minimum atomic E-state index is -0.346. The van der Waals surface area contributed by atoms with E-state index in [0.717, 1.165) is 12.3 Å². The van der Waals surface area contributed by atoms with Crippen molar-refractivity contribution in [3.05, 3.63) is 12.2 Å². The van der Waals surface area contributed by atoms with E-state index < -0.39 is 0 Å². The molecule has 68 valence electrons. The van der Waals surface area contributed by atoms with Crippen LogP contribution in [0.5, 0.6) is 0 Å². The van der Waals surface area contributed by atoms with E-state index in [1.807, 2.05) is 6.92 Å². The van der Waals surface area contributed by atoms with Gasteiger partial charge in [0.25, 0.3) is 0 Å². The van der Waals surface area contributed by atoms with Crippen LogP contribution in [0.3, 0.4) is 0 Å². The highest BCUT2D eigenvalue weighted by Crippen LogP contribution is 2.33. The number of rotatable bonds is 4. The highest BCUT2D eigenvalue weighted by atomic mass is 16.1. The van der Waals surface area contributed by atoms with E-state index in [2.05, 4.69) is 6.58 Å². The SMILES string of the molecule is C=C(C(N)=O)C(C)CC1CCC1. The van der Waals surface area contributed by atoms with Gasteiger partial charge in [0.1, 0.15) is 0 Å². The molecule has 1 atom stereocenters. The molecule has 1 rings (SSSR count). The molecule has 1 aliphatic carbocycles. The molecular formula is C10H17NO. The second kappa shape index (κ2) is 3.74. The molecule has 1 saturated carbocycles. The normalized spacial score (nSPS) is 19.8. The Hall–Kier alpha value is -0.790. The van der Waals surface area contributed by atoms with E-state index in [9.17, 15) is 4.79 Å². The summed E-state index contributed by atoms with van der Waals surface area (Å²) in [5.41, 5.74) is 5.72. The summed E-state index contributed by atoms with van der Waals surface area (Å²) in [6, 6.07) is 0. The Morgan fingerprint density at radius 3 is 2.58 bits per heavy atom. The molecule has 0 aromatic carbocycles. The van der Waals surface area contributed by atoms with Gasteiger partial charge in [-0.2, -0.15) is 0 Å². The number of primary amides is 1. The van der Waals surface area contributed by atoms with Crippen molar-refractivity contribution in [3.8, 4) is 0 Å². The molecule has 1 unspecified atom stereocenters. The molecule has 0 aromatic heterocycles. The molecule has 1 aliphatic rings. The maximum Gasteiger partial charge on any atom is 0.244 e. The number of carbonyl (C=O) groups is 1. The summed E-state index contributed by atoms with van der Waals surface area (Å²) >= 11 is 0. The second-order valence-corrected chi connectivity index (χ2v) is 3.82. The van der Waals surface area contributed by atoms with Gasteiger partial charge in [-0.1, -0.05) is 32.8 Å². The Labute approximate surface area is 73.8 Å². The molecule has 0 saturated heterocycles. The van der Waals surface area contributed by atoms with Crippen LogP contribution in [0.4, 0.5) is 0 Å². The Morgan fingerprint density at radius 1 is 1.67 bits per heavy atom. The van der Waals surface area contributed by atoms with Crippen LogP contribution < -0.4 is 5.73 Å². The molecule has 1 fully saturated rings. The smallest absolute Gasteiger partial charge is 0.244 e. The largest absolute Gasteiger partial charge is 0.366 e. The second-order valence-electron chi connectivity index (χ2n) is 3.82. The van der Waals surface area contributed by atoms with Crippen LogP contribution in [0.2, 0.25) is 0 Å². The van der Waals surface area contributed by atoms with Gasteiger partial charge in [0.15, 0.2) is 0 Å². The maximum absolute atomic E-state index is 10.8. The first-order valence-electron chi connectivity index (χ1n) is 4.60. The van der Waals surface area contributed by atoms with Crippen molar-refractivity contribution >= 4 is 5.91 Å². The lowest BCUT2D eigenvalue weighted by molar-refractivity contribution is -0.115. The predicted octanol–water partition coefficient (Wildman–Crippen LogP) is 1.85. The van der Waals surface area contributed by atoms with Crippen LogP contribution in [0.1, 0.15) is 32.6 Å². The topological polar surface area (TPSA) is 43.1 Å². The first-order chi connectivity index (χ1) is 5.61. The van der Waals surface area contributed by atoms with Gasteiger partial charge in [-0.3, -0.25) is 4.79 Å². The fourth-order valence-electron chi connectivity index (χ4n) is 1.61. The van der Waals surface area contributed by atoms with Crippen LogP contribution in [0.15, 0.2) is 12.2 Å². The maximum atomic E-state index is 10.8. The van der Waals surface area contributed by atoms with Gasteiger partial charge in [-0.05, 0) is 18.3 Å². The zero-order valence-corrected chi connectivity index (χ0v) is 7.68. The third kappa shape index (κ3) is 2.10. The summed E-state index contributed by atoms with van der Waals surface area (Å²) < 4.78 is 0. The van der Waals surface area contributed by atoms with Crippen molar-refractivity contribution in [3.63, 3.8) is 0 Å². The Balaban J connectivity index is 2.31. The number of hydrogen-bond donors (Lipinski definition) is 1. The molecule has 12 heavy (non-hydrogen) atoms. The molecular weight excluding hydrogens is 150 g/mol. The third-order valence-electron chi connectivity index (χ3n) is 2.82. The van der Waals surface area contributed by atoms with E-state index in [1.165, 1.54) is 19.3 Å². The number of carbonyl (C=O) groups excluding carboxylic acids is 1. The molecule has 2 nitrogen and oxygen atoms in total. The highest BCUT2D eigenvalue weighted by molar-refractivity contribution is 5.91. The number of nitrogens with two attached hydrogens (primary N) is 1. The number of hydrogen-bond acceptors (Lipinski definition) is 1. The van der Waals surface area contributed by atoms with Crippen LogP contribution in [-0.4, -0.2) is 5.91 Å². The Kier molecular flexibility index (Phi) is 2.90. The fraction of sp³-hybridized carbons (Fsp3) is 0.700. The molecule has 0 spiro atoms. The van der Waals surface area contributed by atoms with E-state index in [4.69, 9.17) is 5.73 Å². The lowest BCUT2D eigenvalue weighted by Gasteiger charge is -2.28. The first-order valence-corrected chi connectivity index (χ1v) is 4.60. The summed E-state index contributed by atoms with van der Waals surface area (Å²) in [5.74, 6) is 0.741. The van der Waals surface area contributed by atoms with Gasteiger partial charge in [0.2, 0.25) is 5.91 Å². The van der Waals surface area contributed by atoms with Gasteiger partial charge < -0.3 is 5.73 Å². The average Bonchev–Trinajstić information content (AvgIpc) is 1.94. The Morgan fingerprint density at radius 2 is 2.25 bits per heavy atom.